The fraction of sp³-hybridized carbons (Fsp3) is 0.143. The number of amides is 1. The molecule has 0 spiro atoms. The summed E-state index contributed by atoms with van der Waals surface area (Å²) in [6.07, 6.45) is 1.47. The van der Waals surface area contributed by atoms with Gasteiger partial charge < -0.3 is 15.4 Å². The van der Waals surface area contributed by atoms with Gasteiger partial charge in [-0.05, 0) is 18.2 Å². The van der Waals surface area contributed by atoms with E-state index in [2.05, 4.69) is 15.6 Å². The van der Waals surface area contributed by atoms with Gasteiger partial charge in [-0.15, -0.1) is 0 Å². The number of aromatic nitrogens is 1. The van der Waals surface area contributed by atoms with Gasteiger partial charge in [0.25, 0.3) is 5.91 Å². The Labute approximate surface area is 121 Å². The second-order valence-electron chi connectivity index (χ2n) is 3.99. The lowest BCUT2D eigenvalue weighted by Gasteiger charge is -2.08. The van der Waals surface area contributed by atoms with Crippen LogP contribution < -0.4 is 15.4 Å². The van der Waals surface area contributed by atoms with Crippen LogP contribution in [-0.2, 0) is 0 Å². The van der Waals surface area contributed by atoms with Gasteiger partial charge in [0, 0.05) is 25.0 Å². The van der Waals surface area contributed by atoms with E-state index >= 15 is 0 Å². The SMILES string of the molecule is CNc1ncc(C(=O)Nc2cccc(OC)c2)cc1Cl. The van der Waals surface area contributed by atoms with Gasteiger partial charge in [-0.25, -0.2) is 4.98 Å². The number of anilines is 2. The van der Waals surface area contributed by atoms with Gasteiger partial charge >= 0.3 is 0 Å². The molecule has 0 fully saturated rings. The molecule has 20 heavy (non-hydrogen) atoms. The minimum absolute atomic E-state index is 0.282. The quantitative estimate of drug-likeness (QED) is 0.909. The molecule has 5 nitrogen and oxygen atoms in total. The van der Waals surface area contributed by atoms with Crippen molar-refractivity contribution >= 4 is 29.0 Å². The normalized spacial score (nSPS) is 9.95. The largest absolute Gasteiger partial charge is 0.497 e. The van der Waals surface area contributed by atoms with Gasteiger partial charge in [0.05, 0.1) is 17.7 Å². The molecule has 2 N–H and O–H groups in total. The second kappa shape index (κ2) is 6.25. The Hall–Kier alpha value is -2.27. The van der Waals surface area contributed by atoms with E-state index in [9.17, 15) is 4.79 Å². The highest BCUT2D eigenvalue weighted by Crippen LogP contribution is 2.21. The molecule has 0 bridgehead atoms. The summed E-state index contributed by atoms with van der Waals surface area (Å²) in [6.45, 7) is 0. The summed E-state index contributed by atoms with van der Waals surface area (Å²) in [7, 11) is 3.28. The molecule has 104 valence electrons. The average molecular weight is 292 g/mol. The summed E-state index contributed by atoms with van der Waals surface area (Å²) < 4.78 is 5.10. The number of nitrogens with one attached hydrogen (secondary N) is 2. The van der Waals surface area contributed by atoms with Crippen LogP contribution in [0.4, 0.5) is 11.5 Å². The monoisotopic (exact) mass is 291 g/mol. The van der Waals surface area contributed by atoms with Gasteiger partial charge in [0.2, 0.25) is 0 Å². The molecule has 0 aliphatic heterocycles. The van der Waals surface area contributed by atoms with Crippen molar-refractivity contribution in [2.24, 2.45) is 0 Å². The van der Waals surface area contributed by atoms with Crippen LogP contribution in [0.15, 0.2) is 36.5 Å². The number of halogens is 1. The van der Waals surface area contributed by atoms with Crippen molar-refractivity contribution in [1.82, 2.24) is 4.98 Å². The maximum absolute atomic E-state index is 12.1. The fourth-order valence-corrected chi connectivity index (χ4v) is 1.91. The van der Waals surface area contributed by atoms with Crippen LogP contribution in [0.3, 0.4) is 0 Å². The zero-order valence-electron chi connectivity index (χ0n) is 11.1. The van der Waals surface area contributed by atoms with Crippen LogP contribution in [-0.4, -0.2) is 25.0 Å². The molecular weight excluding hydrogens is 278 g/mol. The number of benzene rings is 1. The van der Waals surface area contributed by atoms with Gasteiger partial charge in [-0.3, -0.25) is 4.79 Å². The van der Waals surface area contributed by atoms with E-state index in [0.717, 1.165) is 0 Å². The number of nitrogens with zero attached hydrogens (tertiary/aromatic N) is 1. The lowest BCUT2D eigenvalue weighted by atomic mass is 10.2. The van der Waals surface area contributed by atoms with Crippen molar-refractivity contribution in [3.05, 3.63) is 47.1 Å². The Morgan fingerprint density at radius 1 is 1.35 bits per heavy atom. The predicted octanol–water partition coefficient (Wildman–Crippen LogP) is 3.04. The van der Waals surface area contributed by atoms with E-state index in [1.165, 1.54) is 6.20 Å². The highest BCUT2D eigenvalue weighted by Gasteiger charge is 2.10. The molecule has 2 aromatic rings. The zero-order valence-corrected chi connectivity index (χ0v) is 11.9. The molecule has 0 saturated carbocycles. The van der Waals surface area contributed by atoms with Crippen molar-refractivity contribution in [2.75, 3.05) is 24.8 Å². The second-order valence-corrected chi connectivity index (χ2v) is 4.40. The van der Waals surface area contributed by atoms with Crippen molar-refractivity contribution in [3.8, 4) is 5.75 Å². The first kappa shape index (κ1) is 14.1. The summed E-state index contributed by atoms with van der Waals surface area (Å²) in [6, 6.07) is 8.67. The lowest BCUT2D eigenvalue weighted by molar-refractivity contribution is 0.102. The highest BCUT2D eigenvalue weighted by molar-refractivity contribution is 6.33. The van der Waals surface area contributed by atoms with Crippen LogP contribution in [0.25, 0.3) is 0 Å². The first-order valence-corrected chi connectivity index (χ1v) is 6.30. The van der Waals surface area contributed by atoms with Gasteiger partial charge in [0.15, 0.2) is 0 Å². The van der Waals surface area contributed by atoms with Crippen molar-refractivity contribution in [1.29, 1.82) is 0 Å². The van der Waals surface area contributed by atoms with E-state index in [0.29, 0.717) is 27.8 Å². The maximum Gasteiger partial charge on any atom is 0.257 e. The van der Waals surface area contributed by atoms with Crippen LogP contribution in [0, 0.1) is 0 Å². The molecule has 0 atom stereocenters. The van der Waals surface area contributed by atoms with Crippen molar-refractivity contribution in [3.63, 3.8) is 0 Å². The third-order valence-corrected chi connectivity index (χ3v) is 2.96. The average Bonchev–Trinajstić information content (AvgIpc) is 2.47. The zero-order chi connectivity index (χ0) is 14.5. The summed E-state index contributed by atoms with van der Waals surface area (Å²) in [5, 5.41) is 5.99. The summed E-state index contributed by atoms with van der Waals surface area (Å²) in [5.41, 5.74) is 1.03. The predicted molar refractivity (Wildman–Crippen MR) is 79.7 cm³/mol. The van der Waals surface area contributed by atoms with Crippen LogP contribution in [0.2, 0.25) is 5.02 Å². The molecule has 1 aromatic carbocycles. The fourth-order valence-electron chi connectivity index (χ4n) is 1.65. The Bertz CT molecular complexity index is 632. The van der Waals surface area contributed by atoms with Crippen molar-refractivity contribution < 1.29 is 9.53 Å². The summed E-state index contributed by atoms with van der Waals surface area (Å²) >= 11 is 6.00. The highest BCUT2D eigenvalue weighted by atomic mass is 35.5. The van der Waals surface area contributed by atoms with E-state index in [4.69, 9.17) is 16.3 Å². The number of ether oxygens (including phenoxy) is 1. The maximum atomic E-state index is 12.1. The first-order chi connectivity index (χ1) is 9.63. The Kier molecular flexibility index (Phi) is 4.42. The molecule has 0 radical (unpaired) electrons. The molecule has 6 heteroatoms. The number of methoxy groups -OCH3 is 1. The third kappa shape index (κ3) is 3.19. The van der Waals surface area contributed by atoms with E-state index in [-0.39, 0.29) is 5.91 Å². The molecule has 1 amide bonds. The number of carbonyl (C=O) groups is 1. The number of pyridine rings is 1. The molecular formula is C14H14ClN3O2. The summed E-state index contributed by atoms with van der Waals surface area (Å²) in [5.74, 6) is 0.921. The van der Waals surface area contributed by atoms with E-state index < -0.39 is 0 Å². The standard InChI is InChI=1S/C14H14ClN3O2/c1-16-13-12(15)6-9(8-17-13)14(19)18-10-4-3-5-11(7-10)20-2/h3-8H,1-2H3,(H,16,17)(H,18,19). The topological polar surface area (TPSA) is 63.2 Å². The molecule has 0 aliphatic rings. The van der Waals surface area contributed by atoms with Crippen molar-refractivity contribution in [2.45, 2.75) is 0 Å². The van der Waals surface area contributed by atoms with Gasteiger partial charge in [-0.2, -0.15) is 0 Å². The smallest absolute Gasteiger partial charge is 0.257 e. The third-order valence-electron chi connectivity index (χ3n) is 2.67. The van der Waals surface area contributed by atoms with E-state index in [1.807, 2.05) is 0 Å². The Morgan fingerprint density at radius 2 is 2.15 bits per heavy atom. The van der Waals surface area contributed by atoms with Gasteiger partial charge in [-0.1, -0.05) is 17.7 Å². The Morgan fingerprint density at radius 3 is 2.80 bits per heavy atom. The lowest BCUT2D eigenvalue weighted by Crippen LogP contribution is -2.12. The molecule has 2 rings (SSSR count). The number of hydrogen-bond donors (Lipinski definition) is 2. The summed E-state index contributed by atoms with van der Waals surface area (Å²) in [4.78, 5) is 16.2. The first-order valence-electron chi connectivity index (χ1n) is 5.92. The van der Waals surface area contributed by atoms with E-state index in [1.54, 1.807) is 44.5 Å². The van der Waals surface area contributed by atoms with Crippen LogP contribution >= 0.6 is 11.6 Å². The minimum Gasteiger partial charge on any atom is -0.497 e. The van der Waals surface area contributed by atoms with Crippen LogP contribution in [0.5, 0.6) is 5.75 Å². The van der Waals surface area contributed by atoms with Gasteiger partial charge in [0.1, 0.15) is 11.6 Å². The minimum atomic E-state index is -0.282. The van der Waals surface area contributed by atoms with Crippen LogP contribution in [0.1, 0.15) is 10.4 Å². The molecule has 0 saturated heterocycles. The molecule has 0 aliphatic carbocycles. The molecule has 0 unspecified atom stereocenters. The number of rotatable bonds is 4. The number of hydrogen-bond acceptors (Lipinski definition) is 4. The number of carbonyl (C=O) groups excluding carboxylic acids is 1. The Balaban J connectivity index is 2.17. The molecule has 1 heterocycles. The molecule has 1 aromatic heterocycles.